The average molecular weight is 401 g/mol. The summed E-state index contributed by atoms with van der Waals surface area (Å²) < 4.78 is 27.2. The van der Waals surface area contributed by atoms with Crippen LogP contribution in [0.1, 0.15) is 16.8 Å². The third-order valence-corrected chi connectivity index (χ3v) is 6.25. The first-order valence-corrected chi connectivity index (χ1v) is 10.3. The number of carbonyl (C=O) groups is 1. The lowest BCUT2D eigenvalue weighted by Crippen LogP contribution is -2.26. The quantitative estimate of drug-likeness (QED) is 0.465. The number of nitrogens with one attached hydrogen (secondary N) is 1. The standard InChI is InChI=1S/C20H23N3O4S/c1-22(27-2)28(25,26)18-10-8-17(9-11-18)20(24)21-13-5-14-23-15-12-16-6-3-4-7-19(16)23/h3-4,6-12,15H,5,13-14H2,1-2H3,(H,21,24). The Morgan fingerprint density at radius 1 is 1.11 bits per heavy atom. The maximum absolute atomic E-state index is 12.3. The molecule has 0 aliphatic carbocycles. The van der Waals surface area contributed by atoms with Crippen molar-refractivity contribution in [1.29, 1.82) is 0 Å². The number of aromatic nitrogens is 1. The average Bonchev–Trinajstić information content (AvgIpc) is 3.13. The van der Waals surface area contributed by atoms with E-state index in [1.807, 2.05) is 18.3 Å². The number of amides is 1. The van der Waals surface area contributed by atoms with Gasteiger partial charge in [-0.25, -0.2) is 8.42 Å². The number of carbonyl (C=O) groups excluding carboxylic acids is 1. The van der Waals surface area contributed by atoms with Gasteiger partial charge in [-0.15, -0.1) is 0 Å². The van der Waals surface area contributed by atoms with Crippen molar-refractivity contribution in [3.8, 4) is 0 Å². The van der Waals surface area contributed by atoms with Gasteiger partial charge in [0.25, 0.3) is 15.9 Å². The molecule has 2 aromatic carbocycles. The Morgan fingerprint density at radius 2 is 1.82 bits per heavy atom. The molecule has 0 saturated heterocycles. The molecule has 0 spiro atoms. The van der Waals surface area contributed by atoms with E-state index in [-0.39, 0.29) is 10.8 Å². The largest absolute Gasteiger partial charge is 0.352 e. The Balaban J connectivity index is 1.54. The van der Waals surface area contributed by atoms with Crippen LogP contribution in [0.2, 0.25) is 0 Å². The van der Waals surface area contributed by atoms with E-state index >= 15 is 0 Å². The molecule has 3 aromatic rings. The van der Waals surface area contributed by atoms with Gasteiger partial charge in [0.1, 0.15) is 0 Å². The van der Waals surface area contributed by atoms with Crippen molar-refractivity contribution in [3.63, 3.8) is 0 Å². The lowest BCUT2D eigenvalue weighted by Gasteiger charge is -2.14. The van der Waals surface area contributed by atoms with Crippen LogP contribution in [0, 0.1) is 0 Å². The maximum atomic E-state index is 12.3. The number of hydrogen-bond acceptors (Lipinski definition) is 4. The molecule has 0 saturated carbocycles. The van der Waals surface area contributed by atoms with Crippen molar-refractivity contribution in [2.24, 2.45) is 0 Å². The molecule has 1 heterocycles. The molecule has 7 nitrogen and oxygen atoms in total. The fourth-order valence-electron chi connectivity index (χ4n) is 2.91. The minimum atomic E-state index is -3.72. The zero-order chi connectivity index (χ0) is 20.1. The number of nitrogens with zero attached hydrogens (tertiary/aromatic N) is 2. The third-order valence-electron chi connectivity index (χ3n) is 4.55. The third kappa shape index (κ3) is 4.24. The highest BCUT2D eigenvalue weighted by Gasteiger charge is 2.20. The zero-order valence-corrected chi connectivity index (χ0v) is 16.6. The molecule has 0 atom stereocenters. The van der Waals surface area contributed by atoms with Gasteiger partial charge in [0.15, 0.2) is 0 Å². The number of fused-ring (bicyclic) bond motifs is 1. The van der Waals surface area contributed by atoms with Gasteiger partial charge in [0.05, 0.1) is 12.0 Å². The second-order valence-corrected chi connectivity index (χ2v) is 8.23. The summed E-state index contributed by atoms with van der Waals surface area (Å²) in [5.74, 6) is -0.235. The number of hydroxylamine groups is 1. The fourth-order valence-corrected chi connectivity index (χ4v) is 3.89. The highest BCUT2D eigenvalue weighted by atomic mass is 32.2. The van der Waals surface area contributed by atoms with Crippen LogP contribution < -0.4 is 5.32 Å². The maximum Gasteiger partial charge on any atom is 0.264 e. The topological polar surface area (TPSA) is 80.6 Å². The molecule has 1 N–H and O–H groups in total. The molecule has 0 fully saturated rings. The normalized spacial score (nSPS) is 11.8. The van der Waals surface area contributed by atoms with Crippen molar-refractivity contribution >= 4 is 26.8 Å². The predicted molar refractivity (Wildman–Crippen MR) is 107 cm³/mol. The number of benzene rings is 2. The van der Waals surface area contributed by atoms with E-state index in [0.29, 0.717) is 12.1 Å². The van der Waals surface area contributed by atoms with Gasteiger partial charge in [-0.2, -0.15) is 0 Å². The minimum absolute atomic E-state index is 0.0629. The lowest BCUT2D eigenvalue weighted by molar-refractivity contribution is -0.0258. The fraction of sp³-hybridized carbons (Fsp3) is 0.250. The summed E-state index contributed by atoms with van der Waals surface area (Å²) in [5.41, 5.74) is 1.58. The number of sulfonamides is 1. The summed E-state index contributed by atoms with van der Waals surface area (Å²) in [4.78, 5) is 17.1. The Hall–Kier alpha value is -2.68. The van der Waals surface area contributed by atoms with E-state index in [1.54, 1.807) is 0 Å². The van der Waals surface area contributed by atoms with Crippen molar-refractivity contribution in [1.82, 2.24) is 14.4 Å². The zero-order valence-electron chi connectivity index (χ0n) is 15.8. The van der Waals surface area contributed by atoms with Crippen molar-refractivity contribution in [2.75, 3.05) is 20.7 Å². The van der Waals surface area contributed by atoms with Crippen LogP contribution in [-0.4, -0.2) is 44.1 Å². The lowest BCUT2D eigenvalue weighted by atomic mass is 10.2. The van der Waals surface area contributed by atoms with Gasteiger partial charge in [0, 0.05) is 37.4 Å². The van der Waals surface area contributed by atoms with Crippen LogP contribution >= 0.6 is 0 Å². The number of rotatable bonds is 8. The molecule has 0 aliphatic heterocycles. The van der Waals surface area contributed by atoms with Crippen LogP contribution in [0.4, 0.5) is 0 Å². The molecule has 3 rings (SSSR count). The van der Waals surface area contributed by atoms with Gasteiger partial charge in [-0.1, -0.05) is 22.7 Å². The van der Waals surface area contributed by atoms with Crippen LogP contribution in [0.25, 0.3) is 10.9 Å². The van der Waals surface area contributed by atoms with Gasteiger partial charge in [-0.3, -0.25) is 9.63 Å². The summed E-state index contributed by atoms with van der Waals surface area (Å²) in [6.45, 7) is 1.33. The molecule has 0 unspecified atom stereocenters. The van der Waals surface area contributed by atoms with Gasteiger partial charge in [0.2, 0.25) is 0 Å². The summed E-state index contributed by atoms with van der Waals surface area (Å²) in [6.07, 6.45) is 2.83. The van der Waals surface area contributed by atoms with E-state index < -0.39 is 10.0 Å². The smallest absolute Gasteiger partial charge is 0.264 e. The first-order chi connectivity index (χ1) is 13.4. The highest BCUT2D eigenvalue weighted by Crippen LogP contribution is 2.16. The molecular weight excluding hydrogens is 378 g/mol. The monoisotopic (exact) mass is 401 g/mol. The second kappa shape index (κ2) is 8.55. The molecule has 0 radical (unpaired) electrons. The Morgan fingerprint density at radius 3 is 2.54 bits per heavy atom. The molecule has 28 heavy (non-hydrogen) atoms. The van der Waals surface area contributed by atoms with Crippen molar-refractivity contribution in [2.45, 2.75) is 17.9 Å². The summed E-state index contributed by atoms with van der Waals surface area (Å²) in [6, 6.07) is 16.0. The van der Waals surface area contributed by atoms with Crippen LogP contribution in [-0.2, 0) is 21.4 Å². The Kier molecular flexibility index (Phi) is 6.13. The molecule has 1 aromatic heterocycles. The number of hydrogen-bond donors (Lipinski definition) is 1. The molecule has 8 heteroatoms. The van der Waals surface area contributed by atoms with E-state index in [0.717, 1.165) is 17.4 Å². The van der Waals surface area contributed by atoms with Crippen LogP contribution in [0.3, 0.4) is 0 Å². The molecule has 148 valence electrons. The number of para-hydroxylation sites is 1. The first-order valence-electron chi connectivity index (χ1n) is 8.88. The number of aryl methyl sites for hydroxylation is 1. The van der Waals surface area contributed by atoms with E-state index in [1.165, 1.54) is 49.3 Å². The van der Waals surface area contributed by atoms with E-state index in [9.17, 15) is 13.2 Å². The minimum Gasteiger partial charge on any atom is -0.352 e. The molecular formula is C20H23N3O4S. The summed E-state index contributed by atoms with van der Waals surface area (Å²) in [5, 5.41) is 4.06. The predicted octanol–water partition coefficient (Wildman–Crippen LogP) is 2.64. The summed E-state index contributed by atoms with van der Waals surface area (Å²) >= 11 is 0. The molecule has 0 aliphatic rings. The van der Waals surface area contributed by atoms with Gasteiger partial charge >= 0.3 is 0 Å². The van der Waals surface area contributed by atoms with E-state index in [2.05, 4.69) is 28.1 Å². The van der Waals surface area contributed by atoms with Crippen molar-refractivity contribution in [3.05, 3.63) is 66.4 Å². The Labute approximate surface area is 164 Å². The first kappa shape index (κ1) is 20.1. The summed E-state index contributed by atoms with van der Waals surface area (Å²) in [7, 11) is -1.14. The molecule has 0 bridgehead atoms. The van der Waals surface area contributed by atoms with E-state index in [4.69, 9.17) is 4.84 Å². The highest BCUT2D eigenvalue weighted by molar-refractivity contribution is 7.89. The van der Waals surface area contributed by atoms with Crippen LogP contribution in [0.5, 0.6) is 0 Å². The van der Waals surface area contributed by atoms with Crippen LogP contribution in [0.15, 0.2) is 65.7 Å². The van der Waals surface area contributed by atoms with Gasteiger partial charge in [-0.05, 0) is 48.2 Å². The Bertz CT molecular complexity index is 1060. The van der Waals surface area contributed by atoms with Gasteiger partial charge < -0.3 is 9.88 Å². The SMILES string of the molecule is CON(C)S(=O)(=O)c1ccc(C(=O)NCCCn2ccc3ccccc32)cc1. The molecule has 1 amide bonds. The van der Waals surface area contributed by atoms with Crippen molar-refractivity contribution < 1.29 is 18.0 Å². The second-order valence-electron chi connectivity index (χ2n) is 6.30.